The Morgan fingerprint density at radius 2 is 1.73 bits per heavy atom. The van der Waals surface area contributed by atoms with Gasteiger partial charge < -0.3 is 20.3 Å². The monoisotopic (exact) mass is 362 g/mol. The lowest BCUT2D eigenvalue weighted by atomic mass is 9.87. The minimum Gasteiger partial charge on any atom is -0.492 e. The Morgan fingerprint density at radius 3 is 2.31 bits per heavy atom. The topological polar surface area (TPSA) is 71.9 Å². The molecule has 2 rings (SSSR count). The highest BCUT2D eigenvalue weighted by atomic mass is 16.5. The summed E-state index contributed by atoms with van der Waals surface area (Å²) in [6.45, 7) is 7.98. The average Bonchev–Trinajstić information content (AvgIpc) is 3.34. The molecule has 1 saturated carbocycles. The first-order chi connectivity index (χ1) is 12.2. The predicted octanol–water partition coefficient (Wildman–Crippen LogP) is 0.272. The van der Waals surface area contributed by atoms with Crippen LogP contribution in [0.25, 0.3) is 0 Å². The molecule has 3 N–H and O–H groups in total. The fraction of sp³-hybridized carbons (Fsp3) is 0.600. The number of hydrogen-bond acceptors (Lipinski definition) is 3. The van der Waals surface area contributed by atoms with E-state index in [2.05, 4.69) is 43.5 Å². The van der Waals surface area contributed by atoms with Gasteiger partial charge in [-0.15, -0.1) is 0 Å². The van der Waals surface area contributed by atoms with Crippen LogP contribution in [-0.4, -0.2) is 51.1 Å². The van der Waals surface area contributed by atoms with Gasteiger partial charge in [-0.05, 0) is 36.0 Å². The summed E-state index contributed by atoms with van der Waals surface area (Å²) in [6, 6.07) is 8.41. The molecule has 1 unspecified atom stereocenters. The number of ether oxygens (including phenoxy) is 1. The fourth-order valence-electron chi connectivity index (χ4n) is 2.59. The third-order valence-electron chi connectivity index (χ3n) is 4.28. The summed E-state index contributed by atoms with van der Waals surface area (Å²) >= 11 is 0. The Morgan fingerprint density at radius 1 is 1.12 bits per heavy atom. The molecule has 1 atom stereocenters. The van der Waals surface area contributed by atoms with Crippen molar-refractivity contribution >= 4 is 11.8 Å². The molecule has 1 aliphatic carbocycles. The second-order valence-corrected chi connectivity index (χ2v) is 8.13. The van der Waals surface area contributed by atoms with Crippen molar-refractivity contribution in [2.75, 3.05) is 33.3 Å². The number of carbonyl (C=O) groups is 2. The third kappa shape index (κ3) is 7.44. The SMILES string of the molecule is C[NH+](CC(=O)NCCOc1ccc(C(C)(C)C)cc1)CC(=O)NC1CC1. The van der Waals surface area contributed by atoms with Gasteiger partial charge in [0, 0.05) is 6.04 Å². The van der Waals surface area contributed by atoms with Crippen molar-refractivity contribution in [2.24, 2.45) is 0 Å². The summed E-state index contributed by atoms with van der Waals surface area (Å²) in [5.74, 6) is 0.736. The first-order valence-electron chi connectivity index (χ1n) is 9.35. The Hall–Kier alpha value is -2.08. The first kappa shape index (κ1) is 20.2. The van der Waals surface area contributed by atoms with E-state index >= 15 is 0 Å². The maximum absolute atomic E-state index is 11.9. The molecule has 0 heterocycles. The van der Waals surface area contributed by atoms with E-state index in [0.717, 1.165) is 23.5 Å². The lowest BCUT2D eigenvalue weighted by Crippen LogP contribution is -3.11. The van der Waals surface area contributed by atoms with Gasteiger partial charge in [0.05, 0.1) is 13.6 Å². The number of benzene rings is 1. The highest BCUT2D eigenvalue weighted by Gasteiger charge is 2.24. The van der Waals surface area contributed by atoms with Gasteiger partial charge in [-0.1, -0.05) is 32.9 Å². The van der Waals surface area contributed by atoms with Gasteiger partial charge >= 0.3 is 0 Å². The molecule has 0 radical (unpaired) electrons. The summed E-state index contributed by atoms with van der Waals surface area (Å²) in [6.07, 6.45) is 2.15. The Kier molecular flexibility index (Phi) is 7.03. The van der Waals surface area contributed by atoms with E-state index in [1.807, 2.05) is 19.2 Å². The normalized spacial score (nSPS) is 15.2. The van der Waals surface area contributed by atoms with Gasteiger partial charge in [-0.3, -0.25) is 9.59 Å². The van der Waals surface area contributed by atoms with Crippen molar-refractivity contribution in [1.82, 2.24) is 10.6 Å². The van der Waals surface area contributed by atoms with E-state index in [9.17, 15) is 9.59 Å². The summed E-state index contributed by atoms with van der Waals surface area (Å²) in [5, 5.41) is 5.76. The average molecular weight is 362 g/mol. The summed E-state index contributed by atoms with van der Waals surface area (Å²) in [5.41, 5.74) is 1.38. The largest absolute Gasteiger partial charge is 0.492 e. The minimum atomic E-state index is -0.0756. The molecule has 0 spiro atoms. The van der Waals surface area contributed by atoms with E-state index in [1.165, 1.54) is 5.56 Å². The van der Waals surface area contributed by atoms with Crippen LogP contribution in [0.1, 0.15) is 39.2 Å². The van der Waals surface area contributed by atoms with Crippen LogP contribution < -0.4 is 20.3 Å². The standard InChI is InChI=1S/C20H31N3O3/c1-20(2,3)15-5-9-17(10-6-15)26-12-11-21-18(24)13-23(4)14-19(25)22-16-7-8-16/h5-6,9-10,16H,7-8,11-14H2,1-4H3,(H,21,24)(H,22,25)/p+1. The molecule has 144 valence electrons. The van der Waals surface area contributed by atoms with Crippen molar-refractivity contribution in [2.45, 2.75) is 45.1 Å². The van der Waals surface area contributed by atoms with E-state index in [-0.39, 0.29) is 23.8 Å². The van der Waals surface area contributed by atoms with Crippen LogP contribution in [0.3, 0.4) is 0 Å². The maximum Gasteiger partial charge on any atom is 0.275 e. The lowest BCUT2D eigenvalue weighted by molar-refractivity contribution is -0.862. The van der Waals surface area contributed by atoms with Crippen LogP contribution in [0, 0.1) is 0 Å². The van der Waals surface area contributed by atoms with Gasteiger partial charge in [0.1, 0.15) is 12.4 Å². The first-order valence-corrected chi connectivity index (χ1v) is 9.35. The number of likely N-dealkylation sites (N-methyl/N-ethyl adjacent to an activating group) is 1. The van der Waals surface area contributed by atoms with Gasteiger partial charge in [0.2, 0.25) is 0 Å². The molecule has 26 heavy (non-hydrogen) atoms. The molecule has 1 aliphatic rings. The molecule has 2 amide bonds. The van der Waals surface area contributed by atoms with Crippen LogP contribution in [0.2, 0.25) is 0 Å². The minimum absolute atomic E-state index is 0.0137. The van der Waals surface area contributed by atoms with Crippen LogP contribution in [0.5, 0.6) is 5.75 Å². The molecular formula is C20H32N3O3+. The fourth-order valence-corrected chi connectivity index (χ4v) is 2.59. The molecule has 0 saturated heterocycles. The van der Waals surface area contributed by atoms with Crippen molar-refractivity contribution in [3.63, 3.8) is 0 Å². The zero-order chi connectivity index (χ0) is 19.2. The zero-order valence-corrected chi connectivity index (χ0v) is 16.4. The van der Waals surface area contributed by atoms with Crippen LogP contribution in [0.4, 0.5) is 0 Å². The van der Waals surface area contributed by atoms with Crippen molar-refractivity contribution < 1.29 is 19.2 Å². The molecule has 0 aromatic heterocycles. The number of carbonyl (C=O) groups excluding carboxylic acids is 2. The predicted molar refractivity (Wildman–Crippen MR) is 101 cm³/mol. The molecule has 1 aromatic carbocycles. The Balaban J connectivity index is 1.59. The lowest BCUT2D eigenvalue weighted by Gasteiger charge is -2.19. The maximum atomic E-state index is 11.9. The summed E-state index contributed by atoms with van der Waals surface area (Å²) in [4.78, 5) is 24.5. The zero-order valence-electron chi connectivity index (χ0n) is 16.4. The number of nitrogens with one attached hydrogen (secondary N) is 3. The van der Waals surface area contributed by atoms with E-state index in [1.54, 1.807) is 0 Å². The molecule has 6 heteroatoms. The second-order valence-electron chi connectivity index (χ2n) is 8.13. The van der Waals surface area contributed by atoms with Crippen molar-refractivity contribution in [3.05, 3.63) is 29.8 Å². The van der Waals surface area contributed by atoms with Crippen LogP contribution >= 0.6 is 0 Å². The third-order valence-corrected chi connectivity index (χ3v) is 4.28. The second kappa shape index (κ2) is 9.03. The molecule has 0 aliphatic heterocycles. The summed E-state index contributed by atoms with van der Waals surface area (Å²) in [7, 11) is 1.85. The number of quaternary nitrogens is 1. The van der Waals surface area contributed by atoms with Gasteiger partial charge in [-0.2, -0.15) is 0 Å². The summed E-state index contributed by atoms with van der Waals surface area (Å²) < 4.78 is 5.66. The van der Waals surface area contributed by atoms with Gasteiger partial charge in [0.25, 0.3) is 11.8 Å². The number of rotatable bonds is 9. The number of amides is 2. The van der Waals surface area contributed by atoms with E-state index in [0.29, 0.717) is 25.7 Å². The van der Waals surface area contributed by atoms with Gasteiger partial charge in [0.15, 0.2) is 13.1 Å². The van der Waals surface area contributed by atoms with Crippen molar-refractivity contribution in [3.8, 4) is 5.75 Å². The molecule has 1 fully saturated rings. The highest BCUT2D eigenvalue weighted by Crippen LogP contribution is 2.24. The van der Waals surface area contributed by atoms with Crippen LogP contribution in [-0.2, 0) is 15.0 Å². The molecule has 0 bridgehead atoms. The van der Waals surface area contributed by atoms with E-state index < -0.39 is 0 Å². The quantitative estimate of drug-likeness (QED) is 0.552. The smallest absolute Gasteiger partial charge is 0.275 e. The van der Waals surface area contributed by atoms with Crippen LogP contribution in [0.15, 0.2) is 24.3 Å². The Labute approximate surface area is 156 Å². The molecule has 1 aromatic rings. The van der Waals surface area contributed by atoms with Gasteiger partial charge in [-0.25, -0.2) is 0 Å². The van der Waals surface area contributed by atoms with Crippen molar-refractivity contribution in [1.29, 1.82) is 0 Å². The molecular weight excluding hydrogens is 330 g/mol. The Bertz CT molecular complexity index is 604. The van der Waals surface area contributed by atoms with E-state index in [4.69, 9.17) is 4.74 Å². The highest BCUT2D eigenvalue weighted by molar-refractivity contribution is 5.79. The number of hydrogen-bond donors (Lipinski definition) is 3. The molecule has 6 nitrogen and oxygen atoms in total.